The normalized spacial score (nSPS) is 14.8. The maximum absolute atomic E-state index is 12.6. The highest BCUT2D eigenvalue weighted by Gasteiger charge is 2.23. The van der Waals surface area contributed by atoms with E-state index in [2.05, 4.69) is 21.8 Å². The molecule has 0 bridgehead atoms. The molecule has 1 fully saturated rings. The average molecular weight is 324 g/mol. The lowest BCUT2D eigenvalue weighted by Crippen LogP contribution is -2.49. The van der Waals surface area contributed by atoms with E-state index in [4.69, 9.17) is 0 Å². The number of piperazine rings is 1. The Bertz CT molecular complexity index is 698. The maximum atomic E-state index is 12.6. The first kappa shape index (κ1) is 16.4. The van der Waals surface area contributed by atoms with Gasteiger partial charge in [-0.05, 0) is 38.0 Å². The van der Waals surface area contributed by atoms with Gasteiger partial charge in [0.05, 0.1) is 0 Å². The van der Waals surface area contributed by atoms with Crippen molar-refractivity contribution in [1.29, 1.82) is 0 Å². The summed E-state index contributed by atoms with van der Waals surface area (Å²) in [6, 6.07) is 9.95. The topological polar surface area (TPSA) is 49.3 Å². The molecule has 0 unspecified atom stereocenters. The Morgan fingerprint density at radius 1 is 1.04 bits per heavy atom. The summed E-state index contributed by atoms with van der Waals surface area (Å²) in [6.45, 7) is 9.05. The molecule has 126 valence electrons. The Kier molecular flexibility index (Phi) is 4.79. The molecule has 1 aromatic heterocycles. The van der Waals surface area contributed by atoms with Crippen molar-refractivity contribution in [2.75, 3.05) is 31.1 Å². The van der Waals surface area contributed by atoms with Gasteiger partial charge in [0.2, 0.25) is 0 Å². The van der Waals surface area contributed by atoms with Crippen molar-refractivity contribution in [3.8, 4) is 0 Å². The van der Waals surface area contributed by atoms with Crippen molar-refractivity contribution in [1.82, 2.24) is 14.9 Å². The first-order valence-electron chi connectivity index (χ1n) is 8.52. The van der Waals surface area contributed by atoms with Crippen molar-refractivity contribution >= 4 is 11.7 Å². The van der Waals surface area contributed by atoms with Crippen molar-refractivity contribution in [3.05, 3.63) is 53.0 Å². The number of rotatable bonds is 3. The number of aryl methyl sites for hydroxylation is 3. The molecule has 0 atom stereocenters. The molecule has 0 radical (unpaired) electrons. The molecule has 1 aliphatic rings. The summed E-state index contributed by atoms with van der Waals surface area (Å²) >= 11 is 0. The van der Waals surface area contributed by atoms with Crippen LogP contribution in [0.3, 0.4) is 0 Å². The highest BCUT2D eigenvalue weighted by Crippen LogP contribution is 2.16. The van der Waals surface area contributed by atoms with Gasteiger partial charge in [0, 0.05) is 43.5 Å². The van der Waals surface area contributed by atoms with Crippen molar-refractivity contribution < 1.29 is 4.79 Å². The van der Waals surface area contributed by atoms with E-state index in [0.29, 0.717) is 0 Å². The minimum absolute atomic E-state index is 0.118. The molecule has 2 aromatic rings. The van der Waals surface area contributed by atoms with E-state index in [1.807, 2.05) is 49.1 Å². The summed E-state index contributed by atoms with van der Waals surface area (Å²) in [5, 5.41) is 0. The molecule has 0 spiro atoms. The zero-order valence-corrected chi connectivity index (χ0v) is 14.6. The van der Waals surface area contributed by atoms with Gasteiger partial charge in [0.25, 0.3) is 5.91 Å². The Hall–Kier alpha value is -2.43. The van der Waals surface area contributed by atoms with Crippen LogP contribution in [0.4, 0.5) is 5.82 Å². The molecule has 1 amide bonds. The van der Waals surface area contributed by atoms with Crippen LogP contribution in [0.25, 0.3) is 0 Å². The van der Waals surface area contributed by atoms with E-state index < -0.39 is 0 Å². The van der Waals surface area contributed by atoms with Crippen LogP contribution in [0.2, 0.25) is 0 Å². The van der Waals surface area contributed by atoms with Gasteiger partial charge in [0.1, 0.15) is 11.6 Å². The van der Waals surface area contributed by atoms with Crippen LogP contribution in [0.15, 0.2) is 30.3 Å². The summed E-state index contributed by atoms with van der Waals surface area (Å²) in [5.41, 5.74) is 3.01. The van der Waals surface area contributed by atoms with Crippen LogP contribution in [0, 0.1) is 13.8 Å². The molecule has 2 heterocycles. The monoisotopic (exact) mass is 324 g/mol. The molecule has 5 heteroatoms. The van der Waals surface area contributed by atoms with Crippen LogP contribution in [0.1, 0.15) is 34.4 Å². The van der Waals surface area contributed by atoms with Crippen molar-refractivity contribution in [2.24, 2.45) is 0 Å². The lowest BCUT2D eigenvalue weighted by Gasteiger charge is -2.35. The highest BCUT2D eigenvalue weighted by atomic mass is 16.2. The number of aromatic nitrogens is 2. The van der Waals surface area contributed by atoms with Crippen LogP contribution < -0.4 is 4.90 Å². The molecule has 5 nitrogen and oxygen atoms in total. The summed E-state index contributed by atoms with van der Waals surface area (Å²) in [5.74, 6) is 1.87. The number of anilines is 1. The third kappa shape index (κ3) is 3.55. The fourth-order valence-corrected chi connectivity index (χ4v) is 3.06. The number of amides is 1. The number of carbonyl (C=O) groups is 1. The third-order valence-electron chi connectivity index (χ3n) is 4.45. The number of hydrogen-bond donors (Lipinski definition) is 0. The maximum Gasteiger partial charge on any atom is 0.253 e. The molecule has 1 aliphatic heterocycles. The molecular weight excluding hydrogens is 300 g/mol. The molecule has 3 rings (SSSR count). The Morgan fingerprint density at radius 3 is 2.29 bits per heavy atom. The summed E-state index contributed by atoms with van der Waals surface area (Å²) < 4.78 is 0. The van der Waals surface area contributed by atoms with Gasteiger partial charge in [-0.3, -0.25) is 4.79 Å². The first-order valence-corrected chi connectivity index (χ1v) is 8.52. The van der Waals surface area contributed by atoms with Crippen LogP contribution >= 0.6 is 0 Å². The van der Waals surface area contributed by atoms with Gasteiger partial charge in [-0.25, -0.2) is 9.97 Å². The Balaban J connectivity index is 1.64. The quantitative estimate of drug-likeness (QED) is 0.871. The Labute approximate surface area is 143 Å². The molecular formula is C19H24N4O. The van der Waals surface area contributed by atoms with Crippen molar-refractivity contribution in [2.45, 2.75) is 27.2 Å². The predicted octanol–water partition coefficient (Wildman–Crippen LogP) is 2.62. The zero-order chi connectivity index (χ0) is 17.1. The lowest BCUT2D eigenvalue weighted by atomic mass is 10.1. The first-order chi connectivity index (χ1) is 11.6. The van der Waals surface area contributed by atoms with Crippen LogP contribution in [0.5, 0.6) is 0 Å². The molecule has 0 aliphatic carbocycles. The molecule has 0 N–H and O–H groups in total. The minimum atomic E-state index is 0.118. The highest BCUT2D eigenvalue weighted by molar-refractivity contribution is 5.94. The van der Waals surface area contributed by atoms with Gasteiger partial charge in [-0.15, -0.1) is 0 Å². The number of nitrogens with zero attached hydrogens (tertiary/aromatic N) is 4. The van der Waals surface area contributed by atoms with E-state index in [1.165, 1.54) is 5.56 Å². The number of hydrogen-bond acceptors (Lipinski definition) is 4. The Morgan fingerprint density at radius 2 is 1.71 bits per heavy atom. The van der Waals surface area contributed by atoms with Crippen molar-refractivity contribution in [3.63, 3.8) is 0 Å². The number of carbonyl (C=O) groups excluding carboxylic acids is 1. The molecule has 24 heavy (non-hydrogen) atoms. The van der Waals surface area contributed by atoms with Gasteiger partial charge >= 0.3 is 0 Å². The van der Waals surface area contributed by atoms with E-state index >= 15 is 0 Å². The van der Waals surface area contributed by atoms with Gasteiger partial charge in [0.15, 0.2) is 0 Å². The second-order valence-electron chi connectivity index (χ2n) is 6.24. The summed E-state index contributed by atoms with van der Waals surface area (Å²) in [7, 11) is 0. The summed E-state index contributed by atoms with van der Waals surface area (Å²) in [4.78, 5) is 25.6. The smallest absolute Gasteiger partial charge is 0.253 e. The molecule has 0 saturated carbocycles. The average Bonchev–Trinajstić information content (AvgIpc) is 2.60. The van der Waals surface area contributed by atoms with Gasteiger partial charge in [-0.1, -0.05) is 19.1 Å². The standard InChI is InChI=1S/C19H24N4O/c1-4-16-5-7-17(8-6-16)19(24)23-11-9-22(10-12-23)18-13-14(2)20-15(3)21-18/h5-8,13H,4,9-12H2,1-3H3. The van der Waals surface area contributed by atoms with E-state index in [0.717, 1.165) is 55.5 Å². The number of benzene rings is 1. The fraction of sp³-hybridized carbons (Fsp3) is 0.421. The summed E-state index contributed by atoms with van der Waals surface area (Å²) in [6.07, 6.45) is 0.991. The van der Waals surface area contributed by atoms with Gasteiger partial charge in [-0.2, -0.15) is 0 Å². The zero-order valence-electron chi connectivity index (χ0n) is 14.6. The SMILES string of the molecule is CCc1ccc(C(=O)N2CCN(c3cc(C)nc(C)n3)CC2)cc1. The third-order valence-corrected chi connectivity index (χ3v) is 4.45. The minimum Gasteiger partial charge on any atom is -0.353 e. The molecule has 1 aromatic carbocycles. The van der Waals surface area contributed by atoms with E-state index in [1.54, 1.807) is 0 Å². The predicted molar refractivity (Wildman–Crippen MR) is 95.4 cm³/mol. The van der Waals surface area contributed by atoms with Crippen LogP contribution in [-0.2, 0) is 6.42 Å². The van der Waals surface area contributed by atoms with Gasteiger partial charge < -0.3 is 9.80 Å². The largest absolute Gasteiger partial charge is 0.353 e. The molecule has 1 saturated heterocycles. The van der Waals surface area contributed by atoms with E-state index in [9.17, 15) is 4.79 Å². The second-order valence-corrected chi connectivity index (χ2v) is 6.24. The lowest BCUT2D eigenvalue weighted by molar-refractivity contribution is 0.0746. The second kappa shape index (κ2) is 6.99. The van der Waals surface area contributed by atoms with E-state index in [-0.39, 0.29) is 5.91 Å². The van der Waals surface area contributed by atoms with Crippen LogP contribution in [-0.4, -0.2) is 47.0 Å². The fourth-order valence-electron chi connectivity index (χ4n) is 3.06.